The number of nitrogens with zero attached hydrogens (tertiary/aromatic N) is 2. The number of aromatic nitrogens is 1. The molecule has 0 spiro atoms. The van der Waals surface area contributed by atoms with Gasteiger partial charge in [-0.25, -0.2) is 4.79 Å². The van der Waals surface area contributed by atoms with Crippen molar-refractivity contribution in [2.45, 2.75) is 19.4 Å². The second-order valence-corrected chi connectivity index (χ2v) is 4.00. The highest BCUT2D eigenvalue weighted by molar-refractivity contribution is 5.82. The Kier molecular flexibility index (Phi) is 5.10. The molecule has 18 heavy (non-hydrogen) atoms. The van der Waals surface area contributed by atoms with Gasteiger partial charge < -0.3 is 15.3 Å². The van der Waals surface area contributed by atoms with Crippen LogP contribution in [0.5, 0.6) is 0 Å². The predicted octanol–water partition coefficient (Wildman–Crippen LogP) is 0.739. The summed E-state index contributed by atoms with van der Waals surface area (Å²) < 4.78 is 0. The average molecular weight is 251 g/mol. The Balaban J connectivity index is 2.39. The van der Waals surface area contributed by atoms with Crippen LogP contribution in [-0.2, 0) is 11.2 Å². The highest BCUT2D eigenvalue weighted by Gasteiger charge is 2.16. The summed E-state index contributed by atoms with van der Waals surface area (Å²) in [5.74, 6) is -1.05. The molecule has 0 fully saturated rings. The van der Waals surface area contributed by atoms with E-state index in [0.717, 1.165) is 5.69 Å². The van der Waals surface area contributed by atoms with Gasteiger partial charge in [-0.1, -0.05) is 6.07 Å². The van der Waals surface area contributed by atoms with Crippen LogP contribution in [0.3, 0.4) is 0 Å². The van der Waals surface area contributed by atoms with Crippen LogP contribution in [-0.4, -0.2) is 46.6 Å². The van der Waals surface area contributed by atoms with Gasteiger partial charge >= 0.3 is 12.0 Å². The standard InChI is InChI=1S/C12H17N3O3/c1-9(11(16)17)14-12(18)15(2)8-6-10-5-3-4-7-13-10/h3-5,7,9H,6,8H2,1-2H3,(H,14,18)(H,16,17)/t9-/m0/s1. The first kappa shape index (κ1) is 14.0. The van der Waals surface area contributed by atoms with Crippen molar-refractivity contribution in [3.05, 3.63) is 30.1 Å². The van der Waals surface area contributed by atoms with Crippen molar-refractivity contribution in [2.75, 3.05) is 13.6 Å². The van der Waals surface area contributed by atoms with E-state index in [0.29, 0.717) is 13.0 Å². The summed E-state index contributed by atoms with van der Waals surface area (Å²) in [7, 11) is 1.62. The van der Waals surface area contributed by atoms with Crippen LogP contribution in [0.2, 0.25) is 0 Å². The van der Waals surface area contributed by atoms with Gasteiger partial charge in [0.05, 0.1) is 0 Å². The fourth-order valence-electron chi connectivity index (χ4n) is 1.29. The van der Waals surface area contributed by atoms with Crippen LogP contribution in [0.4, 0.5) is 4.79 Å². The van der Waals surface area contributed by atoms with Gasteiger partial charge in [0.25, 0.3) is 0 Å². The zero-order chi connectivity index (χ0) is 13.5. The smallest absolute Gasteiger partial charge is 0.325 e. The molecule has 0 aliphatic carbocycles. The van der Waals surface area contributed by atoms with Gasteiger partial charge in [0, 0.05) is 31.9 Å². The van der Waals surface area contributed by atoms with Crippen molar-refractivity contribution in [3.8, 4) is 0 Å². The van der Waals surface area contributed by atoms with Crippen molar-refractivity contribution >= 4 is 12.0 Å². The van der Waals surface area contributed by atoms with Crippen LogP contribution in [0.1, 0.15) is 12.6 Å². The summed E-state index contributed by atoms with van der Waals surface area (Å²) in [4.78, 5) is 27.8. The molecule has 1 aromatic heterocycles. The van der Waals surface area contributed by atoms with Crippen LogP contribution in [0.25, 0.3) is 0 Å². The maximum Gasteiger partial charge on any atom is 0.325 e. The second-order valence-electron chi connectivity index (χ2n) is 4.00. The predicted molar refractivity (Wildman–Crippen MR) is 66.2 cm³/mol. The first-order valence-electron chi connectivity index (χ1n) is 5.65. The van der Waals surface area contributed by atoms with E-state index in [1.807, 2.05) is 18.2 Å². The molecule has 0 aliphatic heterocycles. The molecular formula is C12H17N3O3. The minimum Gasteiger partial charge on any atom is -0.480 e. The summed E-state index contributed by atoms with van der Waals surface area (Å²) in [6.07, 6.45) is 2.33. The van der Waals surface area contributed by atoms with Gasteiger partial charge in [0.2, 0.25) is 0 Å². The van der Waals surface area contributed by atoms with E-state index >= 15 is 0 Å². The van der Waals surface area contributed by atoms with Gasteiger partial charge in [0.15, 0.2) is 0 Å². The summed E-state index contributed by atoms with van der Waals surface area (Å²) in [5.41, 5.74) is 0.892. The third kappa shape index (κ3) is 4.40. The molecule has 0 bridgehead atoms. The number of carbonyl (C=O) groups excluding carboxylic acids is 1. The Labute approximate surface area is 106 Å². The number of pyridine rings is 1. The molecule has 0 saturated carbocycles. The molecule has 0 unspecified atom stereocenters. The van der Waals surface area contributed by atoms with Crippen LogP contribution in [0.15, 0.2) is 24.4 Å². The highest BCUT2D eigenvalue weighted by atomic mass is 16.4. The number of carbonyl (C=O) groups is 2. The van der Waals surface area contributed by atoms with Crippen molar-refractivity contribution in [1.29, 1.82) is 0 Å². The fourth-order valence-corrected chi connectivity index (χ4v) is 1.29. The molecule has 1 aromatic rings. The Bertz CT molecular complexity index is 408. The van der Waals surface area contributed by atoms with Crippen LogP contribution < -0.4 is 5.32 Å². The fraction of sp³-hybridized carbons (Fsp3) is 0.417. The number of aliphatic carboxylic acids is 1. The molecule has 0 saturated heterocycles. The largest absolute Gasteiger partial charge is 0.480 e. The zero-order valence-electron chi connectivity index (χ0n) is 10.5. The Hall–Kier alpha value is -2.11. The van der Waals surface area contributed by atoms with E-state index in [9.17, 15) is 9.59 Å². The van der Waals surface area contributed by atoms with E-state index in [4.69, 9.17) is 5.11 Å². The van der Waals surface area contributed by atoms with Gasteiger partial charge in [-0.05, 0) is 19.1 Å². The van der Waals surface area contributed by atoms with E-state index in [-0.39, 0.29) is 0 Å². The minimum absolute atomic E-state index is 0.402. The van der Waals surface area contributed by atoms with E-state index in [2.05, 4.69) is 10.3 Å². The van der Waals surface area contributed by atoms with Crippen molar-refractivity contribution in [2.24, 2.45) is 0 Å². The lowest BCUT2D eigenvalue weighted by Gasteiger charge is -2.19. The first-order valence-corrected chi connectivity index (χ1v) is 5.65. The molecule has 2 amide bonds. The van der Waals surface area contributed by atoms with Crippen molar-refractivity contribution < 1.29 is 14.7 Å². The van der Waals surface area contributed by atoms with E-state index < -0.39 is 18.0 Å². The number of urea groups is 1. The zero-order valence-corrected chi connectivity index (χ0v) is 10.5. The summed E-state index contributed by atoms with van der Waals surface area (Å²) >= 11 is 0. The van der Waals surface area contributed by atoms with Crippen LogP contribution in [0, 0.1) is 0 Å². The molecule has 0 aromatic carbocycles. The molecule has 6 nitrogen and oxygen atoms in total. The number of hydrogen-bond donors (Lipinski definition) is 2. The van der Waals surface area contributed by atoms with E-state index in [1.54, 1.807) is 13.2 Å². The maximum atomic E-state index is 11.6. The topological polar surface area (TPSA) is 82.5 Å². The third-order valence-corrected chi connectivity index (χ3v) is 2.49. The number of amides is 2. The maximum absolute atomic E-state index is 11.6. The van der Waals surface area contributed by atoms with Gasteiger partial charge in [-0.3, -0.25) is 9.78 Å². The third-order valence-electron chi connectivity index (χ3n) is 2.49. The summed E-state index contributed by atoms with van der Waals surface area (Å²) in [5, 5.41) is 11.1. The Morgan fingerprint density at radius 1 is 1.50 bits per heavy atom. The monoisotopic (exact) mass is 251 g/mol. The molecule has 2 N–H and O–H groups in total. The lowest BCUT2D eigenvalue weighted by molar-refractivity contribution is -0.138. The molecule has 0 radical (unpaired) electrons. The average Bonchev–Trinajstić information content (AvgIpc) is 2.36. The number of hydrogen-bond acceptors (Lipinski definition) is 3. The molecule has 6 heteroatoms. The van der Waals surface area contributed by atoms with Gasteiger partial charge in [-0.15, -0.1) is 0 Å². The first-order chi connectivity index (χ1) is 8.50. The SMILES string of the molecule is C[C@H](NC(=O)N(C)CCc1ccccn1)C(=O)O. The lowest BCUT2D eigenvalue weighted by atomic mass is 10.2. The lowest BCUT2D eigenvalue weighted by Crippen LogP contribution is -2.45. The Morgan fingerprint density at radius 3 is 2.78 bits per heavy atom. The van der Waals surface area contributed by atoms with E-state index in [1.165, 1.54) is 11.8 Å². The summed E-state index contributed by atoms with van der Waals surface area (Å²) in [6.45, 7) is 1.90. The quantitative estimate of drug-likeness (QED) is 0.808. The number of nitrogens with one attached hydrogen (secondary N) is 1. The van der Waals surface area contributed by atoms with Crippen molar-refractivity contribution in [3.63, 3.8) is 0 Å². The van der Waals surface area contributed by atoms with Gasteiger partial charge in [-0.2, -0.15) is 0 Å². The minimum atomic E-state index is -1.05. The molecule has 1 atom stereocenters. The number of rotatable bonds is 5. The molecular weight excluding hydrogens is 234 g/mol. The number of carboxylic acids is 1. The second kappa shape index (κ2) is 6.58. The van der Waals surface area contributed by atoms with Gasteiger partial charge in [0.1, 0.15) is 6.04 Å². The molecule has 0 aliphatic rings. The molecule has 1 heterocycles. The molecule has 98 valence electrons. The van der Waals surface area contributed by atoms with Crippen molar-refractivity contribution in [1.82, 2.24) is 15.2 Å². The van der Waals surface area contributed by atoms with Crippen LogP contribution >= 0.6 is 0 Å². The highest BCUT2D eigenvalue weighted by Crippen LogP contribution is 1.97. The number of likely N-dealkylation sites (N-methyl/N-ethyl adjacent to an activating group) is 1. The molecule has 1 rings (SSSR count). The normalized spacial score (nSPS) is 11.7. The number of carboxylic acid groups (broad SMARTS) is 1. The summed E-state index contributed by atoms with van der Waals surface area (Å²) in [6, 6.07) is 4.30. The Morgan fingerprint density at radius 2 is 2.22 bits per heavy atom.